The summed E-state index contributed by atoms with van der Waals surface area (Å²) in [7, 11) is 1.08. The lowest BCUT2D eigenvalue weighted by molar-refractivity contribution is 0.609. The third-order valence-electron chi connectivity index (χ3n) is 1.07. The number of aromatic nitrogens is 1. The molecule has 1 N–H and O–H groups in total. The van der Waals surface area contributed by atoms with Crippen molar-refractivity contribution in [2.45, 2.75) is 4.90 Å². The van der Waals surface area contributed by atoms with Crippen LogP contribution in [0.4, 0.5) is 0 Å². The van der Waals surface area contributed by atoms with E-state index in [-0.39, 0.29) is 10.0 Å². The van der Waals surface area contributed by atoms with Crippen LogP contribution in [0.1, 0.15) is 0 Å². The van der Waals surface area contributed by atoms with Gasteiger partial charge in [0.1, 0.15) is 5.15 Å². The van der Waals surface area contributed by atoms with Crippen LogP contribution in [0.3, 0.4) is 0 Å². The molecule has 4 nitrogen and oxygen atoms in total. The van der Waals surface area contributed by atoms with Gasteiger partial charge in [0.2, 0.25) is 5.56 Å². The molecule has 0 amide bonds. The van der Waals surface area contributed by atoms with Crippen molar-refractivity contribution >= 4 is 31.3 Å². The molecule has 12 heavy (non-hydrogen) atoms. The second-order valence-electron chi connectivity index (χ2n) is 1.97. The lowest BCUT2D eigenvalue weighted by atomic mass is 10.5. The van der Waals surface area contributed by atoms with Gasteiger partial charge < -0.3 is 4.98 Å². The first kappa shape index (κ1) is 9.57. The first-order valence-corrected chi connectivity index (χ1v) is 5.43. The Morgan fingerprint density at radius 3 is 2.33 bits per heavy atom. The normalized spacial score (nSPS) is 11.5. The van der Waals surface area contributed by atoms with E-state index >= 15 is 0 Å². The SMILES string of the molecule is O=c1cc(S(=O)(=O)Cl)cc(Cl)[nH]1. The Bertz CT molecular complexity index is 450. The Balaban J connectivity index is 3.48. The molecule has 0 spiro atoms. The first-order chi connectivity index (χ1) is 5.39. The van der Waals surface area contributed by atoms with Crippen molar-refractivity contribution in [1.29, 1.82) is 0 Å². The Labute approximate surface area is 77.5 Å². The molecule has 0 bridgehead atoms. The van der Waals surface area contributed by atoms with Crippen molar-refractivity contribution in [3.63, 3.8) is 0 Å². The average Bonchev–Trinajstić information content (AvgIpc) is 1.82. The molecule has 7 heteroatoms. The number of hydrogen-bond acceptors (Lipinski definition) is 3. The maximum Gasteiger partial charge on any atom is 0.261 e. The summed E-state index contributed by atoms with van der Waals surface area (Å²) in [5, 5.41) is -0.0678. The number of pyridine rings is 1. The Morgan fingerprint density at radius 2 is 1.92 bits per heavy atom. The number of halogens is 2. The van der Waals surface area contributed by atoms with E-state index in [9.17, 15) is 13.2 Å². The molecule has 1 aromatic heterocycles. The molecule has 1 rings (SSSR count). The second kappa shape index (κ2) is 3.08. The van der Waals surface area contributed by atoms with Crippen LogP contribution in [-0.2, 0) is 9.05 Å². The third-order valence-corrected chi connectivity index (χ3v) is 2.60. The lowest BCUT2D eigenvalue weighted by Gasteiger charge is -1.94. The Hall–Kier alpha value is -0.520. The number of aromatic amines is 1. The standard InChI is InChI=1S/C5H3Cl2NO3S/c6-4-1-3(12(7,10)11)2-5(9)8-4/h1-2H,(H,8,9). The highest BCUT2D eigenvalue weighted by atomic mass is 35.7. The fourth-order valence-corrected chi connectivity index (χ4v) is 1.68. The van der Waals surface area contributed by atoms with Crippen molar-refractivity contribution in [2.75, 3.05) is 0 Å². The highest BCUT2D eigenvalue weighted by Crippen LogP contribution is 2.14. The minimum absolute atomic E-state index is 0.0678. The fraction of sp³-hybridized carbons (Fsp3) is 0. The highest BCUT2D eigenvalue weighted by molar-refractivity contribution is 8.13. The monoisotopic (exact) mass is 227 g/mol. The molecule has 0 aliphatic rings. The predicted octanol–water partition coefficient (Wildman–Crippen LogP) is 0.956. The van der Waals surface area contributed by atoms with E-state index in [4.69, 9.17) is 22.3 Å². The summed E-state index contributed by atoms with van der Waals surface area (Å²) >= 11 is 5.38. The van der Waals surface area contributed by atoms with Gasteiger partial charge in [0.25, 0.3) is 9.05 Å². The summed E-state index contributed by atoms with van der Waals surface area (Å²) in [6.07, 6.45) is 0. The van der Waals surface area contributed by atoms with Crippen molar-refractivity contribution in [3.05, 3.63) is 27.6 Å². The van der Waals surface area contributed by atoms with E-state index in [0.29, 0.717) is 0 Å². The zero-order valence-corrected chi connectivity index (χ0v) is 7.87. The van der Waals surface area contributed by atoms with Gasteiger partial charge in [-0.15, -0.1) is 0 Å². The van der Waals surface area contributed by atoms with Crippen LogP contribution < -0.4 is 5.56 Å². The average molecular weight is 228 g/mol. The molecule has 1 heterocycles. The zero-order valence-electron chi connectivity index (χ0n) is 5.54. The summed E-state index contributed by atoms with van der Waals surface area (Å²) in [6.45, 7) is 0. The van der Waals surface area contributed by atoms with Crippen molar-refractivity contribution in [2.24, 2.45) is 0 Å². The summed E-state index contributed by atoms with van der Waals surface area (Å²) in [5.74, 6) is 0. The zero-order chi connectivity index (χ0) is 9.35. The molecule has 0 unspecified atom stereocenters. The quantitative estimate of drug-likeness (QED) is 0.574. The van der Waals surface area contributed by atoms with Gasteiger partial charge in [0.15, 0.2) is 0 Å². The van der Waals surface area contributed by atoms with E-state index in [2.05, 4.69) is 4.98 Å². The van der Waals surface area contributed by atoms with Crippen LogP contribution in [-0.4, -0.2) is 13.4 Å². The molecular weight excluding hydrogens is 225 g/mol. The van der Waals surface area contributed by atoms with E-state index in [1.165, 1.54) is 0 Å². The lowest BCUT2D eigenvalue weighted by Crippen LogP contribution is -2.06. The predicted molar refractivity (Wildman–Crippen MR) is 45.1 cm³/mol. The minimum atomic E-state index is -3.88. The summed E-state index contributed by atoms with van der Waals surface area (Å²) < 4.78 is 21.4. The molecule has 0 radical (unpaired) electrons. The van der Waals surface area contributed by atoms with Crippen LogP contribution in [0.5, 0.6) is 0 Å². The molecule has 0 fully saturated rings. The molecule has 1 aromatic rings. The van der Waals surface area contributed by atoms with Gasteiger partial charge in [0, 0.05) is 16.7 Å². The summed E-state index contributed by atoms with van der Waals surface area (Å²) in [5.41, 5.74) is -0.610. The van der Waals surface area contributed by atoms with Gasteiger partial charge in [-0.25, -0.2) is 8.42 Å². The van der Waals surface area contributed by atoms with Crippen molar-refractivity contribution in [3.8, 4) is 0 Å². The van der Waals surface area contributed by atoms with Crippen LogP contribution in [0.25, 0.3) is 0 Å². The molecule has 0 saturated carbocycles. The van der Waals surface area contributed by atoms with E-state index in [1.54, 1.807) is 0 Å². The highest BCUT2D eigenvalue weighted by Gasteiger charge is 2.11. The molecule has 0 aliphatic carbocycles. The Morgan fingerprint density at radius 1 is 1.33 bits per heavy atom. The van der Waals surface area contributed by atoms with Crippen molar-refractivity contribution < 1.29 is 8.42 Å². The first-order valence-electron chi connectivity index (χ1n) is 2.74. The minimum Gasteiger partial charge on any atom is -0.313 e. The van der Waals surface area contributed by atoms with E-state index in [0.717, 1.165) is 12.1 Å². The van der Waals surface area contributed by atoms with Crippen LogP contribution >= 0.6 is 22.3 Å². The van der Waals surface area contributed by atoms with E-state index < -0.39 is 14.6 Å². The van der Waals surface area contributed by atoms with Gasteiger partial charge in [-0.05, 0) is 6.07 Å². The van der Waals surface area contributed by atoms with Gasteiger partial charge >= 0.3 is 0 Å². The molecule has 0 atom stereocenters. The van der Waals surface area contributed by atoms with Crippen molar-refractivity contribution in [1.82, 2.24) is 4.98 Å². The van der Waals surface area contributed by atoms with Crippen LogP contribution in [0.15, 0.2) is 21.8 Å². The summed E-state index contributed by atoms with van der Waals surface area (Å²) in [4.78, 5) is 12.6. The number of H-pyrrole nitrogens is 1. The molecule has 0 saturated heterocycles. The van der Waals surface area contributed by atoms with E-state index in [1.807, 2.05) is 0 Å². The molecule has 0 aromatic carbocycles. The summed E-state index contributed by atoms with van der Waals surface area (Å²) in [6, 6.07) is 1.92. The molecule has 66 valence electrons. The number of rotatable bonds is 1. The third kappa shape index (κ3) is 2.23. The van der Waals surface area contributed by atoms with Gasteiger partial charge in [-0.3, -0.25) is 4.79 Å². The maximum absolute atomic E-state index is 10.7. The number of hydrogen-bond donors (Lipinski definition) is 1. The topological polar surface area (TPSA) is 67.0 Å². The Kier molecular flexibility index (Phi) is 2.46. The molecule has 0 aliphatic heterocycles. The molecular formula is C5H3Cl2NO3S. The van der Waals surface area contributed by atoms with Gasteiger partial charge in [-0.1, -0.05) is 11.6 Å². The van der Waals surface area contributed by atoms with Gasteiger partial charge in [0.05, 0.1) is 4.90 Å². The second-order valence-corrected chi connectivity index (χ2v) is 4.94. The smallest absolute Gasteiger partial charge is 0.261 e. The van der Waals surface area contributed by atoms with Crippen LogP contribution in [0, 0.1) is 0 Å². The van der Waals surface area contributed by atoms with Gasteiger partial charge in [-0.2, -0.15) is 0 Å². The maximum atomic E-state index is 10.7. The fourth-order valence-electron chi connectivity index (χ4n) is 0.626. The largest absolute Gasteiger partial charge is 0.313 e. The van der Waals surface area contributed by atoms with Crippen LogP contribution in [0.2, 0.25) is 5.15 Å². The number of nitrogens with one attached hydrogen (secondary N) is 1.